The largest absolute Gasteiger partial charge is 0.368 e. The molecule has 4 amide bonds. The summed E-state index contributed by atoms with van der Waals surface area (Å²) in [6.45, 7) is 0.800. The molecule has 0 spiro atoms. The van der Waals surface area contributed by atoms with Crippen LogP contribution in [0.1, 0.15) is 52.4 Å². The second kappa shape index (κ2) is 15.9. The van der Waals surface area contributed by atoms with Gasteiger partial charge in [-0.2, -0.15) is 0 Å². The fourth-order valence-corrected chi connectivity index (χ4v) is 4.33. The molecule has 0 aromatic heterocycles. The van der Waals surface area contributed by atoms with Crippen LogP contribution in [-0.4, -0.2) is 42.3 Å². The van der Waals surface area contributed by atoms with Gasteiger partial charge in [-0.3, -0.25) is 19.2 Å². The highest BCUT2D eigenvalue weighted by Crippen LogP contribution is 2.14. The lowest BCUT2D eigenvalue weighted by Gasteiger charge is -2.25. The van der Waals surface area contributed by atoms with Gasteiger partial charge in [-0.25, -0.2) is 0 Å². The zero-order valence-corrected chi connectivity index (χ0v) is 22.9. The molecule has 0 fully saturated rings. The summed E-state index contributed by atoms with van der Waals surface area (Å²) in [5.41, 5.74) is 19.6. The van der Waals surface area contributed by atoms with Crippen molar-refractivity contribution in [3.8, 4) is 0 Å². The summed E-state index contributed by atoms with van der Waals surface area (Å²) in [5.74, 6) is -2.26. The van der Waals surface area contributed by atoms with Crippen molar-refractivity contribution in [2.75, 3.05) is 6.54 Å². The van der Waals surface area contributed by atoms with Gasteiger partial charge in [-0.1, -0.05) is 72.8 Å². The fraction of sp³-hybridized carbons (Fsp3) is 0.290. The highest BCUT2D eigenvalue weighted by Gasteiger charge is 2.30. The first-order valence-electron chi connectivity index (χ1n) is 13.6. The van der Waals surface area contributed by atoms with E-state index in [0.29, 0.717) is 37.1 Å². The molecular weight excluding hydrogens is 520 g/mol. The van der Waals surface area contributed by atoms with Crippen molar-refractivity contribution in [3.05, 3.63) is 107 Å². The number of primary amides is 1. The number of unbranched alkanes of at least 4 members (excludes halogenated alkanes) is 1. The molecule has 41 heavy (non-hydrogen) atoms. The van der Waals surface area contributed by atoms with E-state index < -0.39 is 41.8 Å². The van der Waals surface area contributed by atoms with Gasteiger partial charge in [-0.15, -0.1) is 0 Å². The lowest BCUT2D eigenvalue weighted by Crippen LogP contribution is -2.55. The molecule has 0 heterocycles. The summed E-state index contributed by atoms with van der Waals surface area (Å²) >= 11 is 0. The molecule has 10 heteroatoms. The molecule has 9 N–H and O–H groups in total. The van der Waals surface area contributed by atoms with E-state index in [2.05, 4.69) is 16.0 Å². The molecule has 216 valence electrons. The SMILES string of the molecule is NCCCC[C@H](NC(=O)[C@H](Cc1ccc(CN)cc1)NC(=O)c1ccccc1)C(=O)N[C@H](C(N)=O)c1ccccc1. The van der Waals surface area contributed by atoms with E-state index in [1.807, 2.05) is 24.3 Å². The topological polar surface area (TPSA) is 182 Å². The van der Waals surface area contributed by atoms with E-state index in [4.69, 9.17) is 17.2 Å². The molecule has 0 saturated carbocycles. The van der Waals surface area contributed by atoms with Crippen molar-refractivity contribution >= 4 is 23.6 Å². The number of rotatable bonds is 15. The third-order valence-corrected chi connectivity index (χ3v) is 6.64. The minimum absolute atomic E-state index is 0.181. The Morgan fingerprint density at radius 3 is 1.83 bits per heavy atom. The van der Waals surface area contributed by atoms with Gasteiger partial charge in [0, 0.05) is 18.5 Å². The van der Waals surface area contributed by atoms with Crippen LogP contribution in [0.2, 0.25) is 0 Å². The normalized spacial score (nSPS) is 12.9. The number of benzene rings is 3. The molecule has 3 aromatic carbocycles. The van der Waals surface area contributed by atoms with Crippen LogP contribution in [0.5, 0.6) is 0 Å². The van der Waals surface area contributed by atoms with Crippen LogP contribution in [-0.2, 0) is 27.3 Å². The molecule has 0 aliphatic carbocycles. The second-order valence-electron chi connectivity index (χ2n) is 9.72. The van der Waals surface area contributed by atoms with E-state index in [-0.39, 0.29) is 12.8 Å². The van der Waals surface area contributed by atoms with Crippen molar-refractivity contribution in [2.24, 2.45) is 17.2 Å². The quantitative estimate of drug-likeness (QED) is 0.153. The first-order chi connectivity index (χ1) is 19.8. The van der Waals surface area contributed by atoms with Crippen LogP contribution in [0.3, 0.4) is 0 Å². The Labute approximate surface area is 240 Å². The van der Waals surface area contributed by atoms with Gasteiger partial charge in [0.15, 0.2) is 0 Å². The Kier molecular flexibility index (Phi) is 12.0. The maximum atomic E-state index is 13.6. The van der Waals surface area contributed by atoms with Crippen molar-refractivity contribution in [2.45, 2.75) is 50.4 Å². The molecule has 3 aromatic rings. The minimum Gasteiger partial charge on any atom is -0.368 e. The predicted molar refractivity (Wildman–Crippen MR) is 157 cm³/mol. The third kappa shape index (κ3) is 9.55. The van der Waals surface area contributed by atoms with Crippen molar-refractivity contribution in [1.82, 2.24) is 16.0 Å². The zero-order chi connectivity index (χ0) is 29.6. The predicted octanol–water partition coefficient (Wildman–Crippen LogP) is 1.44. The number of hydrogen-bond donors (Lipinski definition) is 6. The van der Waals surface area contributed by atoms with Gasteiger partial charge in [0.05, 0.1) is 0 Å². The number of carbonyl (C=O) groups excluding carboxylic acids is 4. The number of nitrogens with one attached hydrogen (secondary N) is 3. The first kappa shape index (κ1) is 31.0. The first-order valence-corrected chi connectivity index (χ1v) is 13.6. The van der Waals surface area contributed by atoms with Gasteiger partial charge in [0.2, 0.25) is 17.7 Å². The van der Waals surface area contributed by atoms with E-state index in [9.17, 15) is 19.2 Å². The van der Waals surface area contributed by atoms with Gasteiger partial charge < -0.3 is 33.2 Å². The molecule has 0 aliphatic rings. The highest BCUT2D eigenvalue weighted by molar-refractivity contribution is 5.98. The molecule has 0 aliphatic heterocycles. The monoisotopic (exact) mass is 558 g/mol. The van der Waals surface area contributed by atoms with Gasteiger partial charge in [0.25, 0.3) is 5.91 Å². The van der Waals surface area contributed by atoms with Crippen LogP contribution in [0.4, 0.5) is 0 Å². The lowest BCUT2D eigenvalue weighted by atomic mass is 10.0. The van der Waals surface area contributed by atoms with Crippen molar-refractivity contribution in [1.29, 1.82) is 0 Å². The number of nitrogens with two attached hydrogens (primary N) is 3. The van der Waals surface area contributed by atoms with Gasteiger partial charge >= 0.3 is 0 Å². The van der Waals surface area contributed by atoms with Crippen LogP contribution in [0, 0.1) is 0 Å². The smallest absolute Gasteiger partial charge is 0.251 e. The molecular formula is C31H38N6O4. The van der Waals surface area contributed by atoms with Crippen molar-refractivity contribution < 1.29 is 19.2 Å². The highest BCUT2D eigenvalue weighted by atomic mass is 16.2. The summed E-state index contributed by atoms with van der Waals surface area (Å²) in [6.07, 6.45) is 1.65. The minimum atomic E-state index is -1.08. The summed E-state index contributed by atoms with van der Waals surface area (Å²) < 4.78 is 0. The molecule has 3 atom stereocenters. The molecule has 0 saturated heterocycles. The fourth-order valence-electron chi connectivity index (χ4n) is 4.33. The van der Waals surface area contributed by atoms with Crippen LogP contribution in [0.15, 0.2) is 84.9 Å². The van der Waals surface area contributed by atoms with E-state index in [1.165, 1.54) is 0 Å². The number of amides is 4. The standard InChI is InChI=1S/C31H38N6O4/c32-18-8-7-13-25(30(40)37-27(28(34)38)23-9-3-1-4-10-23)35-31(41)26(19-21-14-16-22(20-33)17-15-21)36-29(39)24-11-5-2-6-12-24/h1-6,9-12,14-17,25-27H,7-8,13,18-20,32-33H2,(H2,34,38)(H,35,41)(H,36,39)(H,37,40)/t25-,26-,27-/m0/s1. The average molecular weight is 559 g/mol. The third-order valence-electron chi connectivity index (χ3n) is 6.64. The number of hydrogen-bond acceptors (Lipinski definition) is 6. The molecule has 0 radical (unpaired) electrons. The summed E-state index contributed by atoms with van der Waals surface area (Å²) in [6, 6.07) is 21.5. The Hall–Kier alpha value is -4.54. The van der Waals surface area contributed by atoms with Crippen LogP contribution in [0.25, 0.3) is 0 Å². The summed E-state index contributed by atoms with van der Waals surface area (Å²) in [7, 11) is 0. The van der Waals surface area contributed by atoms with Crippen LogP contribution >= 0.6 is 0 Å². The summed E-state index contributed by atoms with van der Waals surface area (Å²) in [5, 5.41) is 8.27. The number of carbonyl (C=O) groups is 4. The lowest BCUT2D eigenvalue weighted by molar-refractivity contribution is -0.132. The van der Waals surface area contributed by atoms with Gasteiger partial charge in [0.1, 0.15) is 18.1 Å². The molecule has 10 nitrogen and oxygen atoms in total. The van der Waals surface area contributed by atoms with Gasteiger partial charge in [-0.05, 0) is 54.6 Å². The average Bonchev–Trinajstić information content (AvgIpc) is 3.00. The summed E-state index contributed by atoms with van der Waals surface area (Å²) in [4.78, 5) is 52.2. The molecule has 0 unspecified atom stereocenters. The van der Waals surface area contributed by atoms with E-state index >= 15 is 0 Å². The Bertz CT molecular complexity index is 1280. The van der Waals surface area contributed by atoms with Crippen molar-refractivity contribution in [3.63, 3.8) is 0 Å². The Morgan fingerprint density at radius 2 is 1.24 bits per heavy atom. The maximum absolute atomic E-state index is 13.6. The molecule has 0 bridgehead atoms. The second-order valence-corrected chi connectivity index (χ2v) is 9.72. The van der Waals surface area contributed by atoms with E-state index in [0.717, 1.165) is 11.1 Å². The van der Waals surface area contributed by atoms with E-state index in [1.54, 1.807) is 60.7 Å². The zero-order valence-electron chi connectivity index (χ0n) is 22.9. The Balaban J connectivity index is 1.82. The maximum Gasteiger partial charge on any atom is 0.251 e. The van der Waals surface area contributed by atoms with Crippen LogP contribution < -0.4 is 33.2 Å². The Morgan fingerprint density at radius 1 is 0.659 bits per heavy atom. The molecule has 3 rings (SSSR count).